The van der Waals surface area contributed by atoms with Gasteiger partial charge in [-0.1, -0.05) is 18.2 Å². The number of nitrogens with one attached hydrogen (secondary N) is 1. The maximum absolute atomic E-state index is 14.4. The molecule has 0 radical (unpaired) electrons. The first-order chi connectivity index (χ1) is 12.4. The number of alkyl halides is 2. The van der Waals surface area contributed by atoms with Crippen LogP contribution in [0.25, 0.3) is 10.9 Å². The van der Waals surface area contributed by atoms with Gasteiger partial charge in [0, 0.05) is 10.9 Å². The van der Waals surface area contributed by atoms with Gasteiger partial charge in [-0.2, -0.15) is 0 Å². The minimum Gasteiger partial charge on any atom is -0.497 e. The van der Waals surface area contributed by atoms with E-state index < -0.39 is 23.8 Å². The number of halogens is 3. The number of fused-ring (bicyclic) bond motifs is 1. The van der Waals surface area contributed by atoms with Crippen LogP contribution in [0.15, 0.2) is 36.4 Å². The third-order valence-corrected chi connectivity index (χ3v) is 4.13. The van der Waals surface area contributed by atoms with Gasteiger partial charge in [-0.3, -0.25) is 0 Å². The summed E-state index contributed by atoms with van der Waals surface area (Å²) < 4.78 is 45.5. The van der Waals surface area contributed by atoms with Crippen molar-refractivity contribution in [3.8, 4) is 5.75 Å². The molecule has 0 aliphatic rings. The molecule has 0 bridgehead atoms. The summed E-state index contributed by atoms with van der Waals surface area (Å²) in [5, 5.41) is 3.81. The maximum atomic E-state index is 14.4. The van der Waals surface area contributed by atoms with E-state index in [1.54, 1.807) is 39.2 Å². The van der Waals surface area contributed by atoms with Crippen molar-refractivity contribution in [3.05, 3.63) is 59.2 Å². The molecule has 26 heavy (non-hydrogen) atoms. The van der Waals surface area contributed by atoms with Crippen molar-refractivity contribution in [1.82, 2.24) is 9.97 Å². The second-order valence-electron chi connectivity index (χ2n) is 5.92. The number of methoxy groups -OCH3 is 1. The maximum Gasteiger partial charge on any atom is 0.266 e. The van der Waals surface area contributed by atoms with Gasteiger partial charge in [0.2, 0.25) is 0 Å². The first kappa shape index (κ1) is 18.0. The Kier molecular flexibility index (Phi) is 4.97. The lowest BCUT2D eigenvalue weighted by atomic mass is 10.0. The highest BCUT2D eigenvalue weighted by Crippen LogP contribution is 2.31. The molecule has 7 heteroatoms. The van der Waals surface area contributed by atoms with E-state index in [1.165, 1.54) is 12.1 Å². The van der Waals surface area contributed by atoms with Crippen LogP contribution in [0.5, 0.6) is 5.75 Å². The fourth-order valence-electron chi connectivity index (χ4n) is 2.81. The van der Waals surface area contributed by atoms with Gasteiger partial charge in [-0.15, -0.1) is 0 Å². The molecule has 0 spiro atoms. The summed E-state index contributed by atoms with van der Waals surface area (Å²) in [4.78, 5) is 8.75. The number of nitrogens with zero attached hydrogens (tertiary/aromatic N) is 2. The van der Waals surface area contributed by atoms with Gasteiger partial charge in [0.25, 0.3) is 6.43 Å². The molecule has 1 atom stereocenters. The second kappa shape index (κ2) is 7.19. The van der Waals surface area contributed by atoms with E-state index in [1.807, 2.05) is 0 Å². The molecule has 1 heterocycles. The molecule has 0 aliphatic carbocycles. The van der Waals surface area contributed by atoms with E-state index in [-0.39, 0.29) is 5.56 Å². The standard InChI is InChI=1S/C19H18F3N3O/c1-10(13-5-4-6-14(17(13)20)18(21)22)23-19-15-9-12(26-3)7-8-16(15)24-11(2)25-19/h4-10,18H,1-3H3,(H,23,24,25)/t10-/m1/s1. The van der Waals surface area contributed by atoms with E-state index in [0.29, 0.717) is 28.3 Å². The molecule has 1 N–H and O–H groups in total. The summed E-state index contributed by atoms with van der Waals surface area (Å²) in [5.74, 6) is 0.751. The first-order valence-electron chi connectivity index (χ1n) is 8.06. The quantitative estimate of drug-likeness (QED) is 0.679. The van der Waals surface area contributed by atoms with Gasteiger partial charge in [-0.05, 0) is 32.0 Å². The molecule has 1 aromatic heterocycles. The van der Waals surface area contributed by atoms with Gasteiger partial charge in [0.05, 0.1) is 24.2 Å². The number of ether oxygens (including phenoxy) is 1. The van der Waals surface area contributed by atoms with Crippen molar-refractivity contribution in [2.75, 3.05) is 12.4 Å². The average molecular weight is 361 g/mol. The minimum atomic E-state index is -2.87. The van der Waals surface area contributed by atoms with Crippen molar-refractivity contribution in [2.24, 2.45) is 0 Å². The van der Waals surface area contributed by atoms with Crippen molar-refractivity contribution >= 4 is 16.7 Å². The molecule has 0 fully saturated rings. The van der Waals surface area contributed by atoms with Crippen molar-refractivity contribution in [1.29, 1.82) is 0 Å². The zero-order chi connectivity index (χ0) is 18.8. The number of aromatic nitrogens is 2. The van der Waals surface area contributed by atoms with Gasteiger partial charge in [-0.25, -0.2) is 23.1 Å². The SMILES string of the molecule is COc1ccc2nc(C)nc(N[C@H](C)c3cccc(C(F)F)c3F)c2c1. The Balaban J connectivity index is 2.02. The topological polar surface area (TPSA) is 47.0 Å². The average Bonchev–Trinajstić information content (AvgIpc) is 2.61. The van der Waals surface area contributed by atoms with Crippen LogP contribution in [0.4, 0.5) is 19.0 Å². The molecule has 0 amide bonds. The normalized spacial score (nSPS) is 12.4. The summed E-state index contributed by atoms with van der Waals surface area (Å²) in [6.45, 7) is 3.44. The number of benzene rings is 2. The van der Waals surface area contributed by atoms with Crippen LogP contribution in [-0.2, 0) is 0 Å². The molecule has 2 aromatic carbocycles. The van der Waals surface area contributed by atoms with Crippen LogP contribution in [0.3, 0.4) is 0 Å². The fourth-order valence-corrected chi connectivity index (χ4v) is 2.81. The number of aryl methyl sites for hydroxylation is 1. The highest BCUT2D eigenvalue weighted by atomic mass is 19.3. The van der Waals surface area contributed by atoms with Crippen LogP contribution < -0.4 is 10.1 Å². The molecule has 136 valence electrons. The lowest BCUT2D eigenvalue weighted by Crippen LogP contribution is -2.12. The number of anilines is 1. The Hall–Kier alpha value is -2.83. The zero-order valence-corrected chi connectivity index (χ0v) is 14.6. The fraction of sp³-hybridized carbons (Fsp3) is 0.263. The van der Waals surface area contributed by atoms with Crippen LogP contribution in [0.2, 0.25) is 0 Å². The third kappa shape index (κ3) is 3.42. The Labute approximate surface area is 149 Å². The van der Waals surface area contributed by atoms with Crippen molar-refractivity contribution in [3.63, 3.8) is 0 Å². The summed E-state index contributed by atoms with van der Waals surface area (Å²) >= 11 is 0. The molecule has 0 saturated carbocycles. The zero-order valence-electron chi connectivity index (χ0n) is 14.6. The molecule has 0 unspecified atom stereocenters. The minimum absolute atomic E-state index is 0.148. The van der Waals surface area contributed by atoms with Crippen LogP contribution in [0.1, 0.15) is 36.3 Å². The van der Waals surface area contributed by atoms with Gasteiger partial charge in [0.1, 0.15) is 23.2 Å². The van der Waals surface area contributed by atoms with E-state index >= 15 is 0 Å². The summed E-state index contributed by atoms with van der Waals surface area (Å²) in [6.07, 6.45) is -2.87. The monoisotopic (exact) mass is 361 g/mol. The Morgan fingerprint density at radius 3 is 2.50 bits per heavy atom. The molecular weight excluding hydrogens is 343 g/mol. The number of hydrogen-bond acceptors (Lipinski definition) is 4. The molecular formula is C19H18F3N3O. The van der Waals surface area contributed by atoms with E-state index in [2.05, 4.69) is 15.3 Å². The lowest BCUT2D eigenvalue weighted by molar-refractivity contribution is 0.146. The highest BCUT2D eigenvalue weighted by molar-refractivity contribution is 5.90. The van der Waals surface area contributed by atoms with E-state index in [9.17, 15) is 13.2 Å². The molecule has 0 saturated heterocycles. The van der Waals surface area contributed by atoms with Gasteiger partial charge < -0.3 is 10.1 Å². The highest BCUT2D eigenvalue weighted by Gasteiger charge is 2.20. The van der Waals surface area contributed by atoms with Gasteiger partial charge in [0.15, 0.2) is 0 Å². The summed E-state index contributed by atoms with van der Waals surface area (Å²) in [5.41, 5.74) is 0.242. The van der Waals surface area contributed by atoms with E-state index in [4.69, 9.17) is 4.74 Å². The smallest absolute Gasteiger partial charge is 0.266 e. The number of hydrogen-bond donors (Lipinski definition) is 1. The third-order valence-electron chi connectivity index (χ3n) is 4.13. The van der Waals surface area contributed by atoms with Crippen molar-refractivity contribution in [2.45, 2.75) is 26.3 Å². The largest absolute Gasteiger partial charge is 0.497 e. The molecule has 4 nitrogen and oxygen atoms in total. The van der Waals surface area contributed by atoms with Gasteiger partial charge >= 0.3 is 0 Å². The predicted molar refractivity (Wildman–Crippen MR) is 94.2 cm³/mol. The van der Waals surface area contributed by atoms with E-state index in [0.717, 1.165) is 6.07 Å². The molecule has 0 aliphatic heterocycles. The summed E-state index contributed by atoms with van der Waals surface area (Å²) in [6, 6.07) is 8.78. The van der Waals surface area contributed by atoms with Crippen molar-refractivity contribution < 1.29 is 17.9 Å². The molecule has 3 aromatic rings. The lowest BCUT2D eigenvalue weighted by Gasteiger charge is -2.18. The Morgan fingerprint density at radius 1 is 1.08 bits per heavy atom. The Bertz CT molecular complexity index is 947. The van der Waals surface area contributed by atoms with Crippen LogP contribution >= 0.6 is 0 Å². The second-order valence-corrected chi connectivity index (χ2v) is 5.92. The Morgan fingerprint density at radius 2 is 1.81 bits per heavy atom. The predicted octanol–water partition coefficient (Wildman–Crippen LogP) is 5.20. The van der Waals surface area contributed by atoms with Crippen LogP contribution in [-0.4, -0.2) is 17.1 Å². The summed E-state index contributed by atoms with van der Waals surface area (Å²) in [7, 11) is 1.55. The molecule has 3 rings (SSSR count). The number of rotatable bonds is 5. The van der Waals surface area contributed by atoms with Crippen LogP contribution in [0, 0.1) is 12.7 Å². The first-order valence-corrected chi connectivity index (χ1v) is 8.06.